The topological polar surface area (TPSA) is 136 Å². The molecule has 8 nitrogen and oxygen atoms in total. The van der Waals surface area contributed by atoms with Gasteiger partial charge in [0.2, 0.25) is 5.91 Å². The number of carbonyl (C=O) groups excluding carboxylic acids is 3. The van der Waals surface area contributed by atoms with Gasteiger partial charge in [-0.05, 0) is 74.8 Å². The third-order valence-electron chi connectivity index (χ3n) is 8.51. The molecule has 0 heterocycles. The molecule has 0 saturated carbocycles. The Morgan fingerprint density at radius 2 is 0.809 bits per heavy atom. The Morgan fingerprint density at radius 1 is 0.553 bits per heavy atom. The number of ether oxygens (including phenoxy) is 2. The summed E-state index contributed by atoms with van der Waals surface area (Å²) >= 11 is 0. The number of phenols is 2. The number of esters is 2. The number of phenolic OH excluding ortho intramolecular Hbond substituents is 2. The van der Waals surface area contributed by atoms with E-state index in [4.69, 9.17) is 15.2 Å². The van der Waals surface area contributed by atoms with E-state index in [2.05, 4.69) is 0 Å². The summed E-state index contributed by atoms with van der Waals surface area (Å²) in [6, 6.07) is 7.71. The second-order valence-electron chi connectivity index (χ2n) is 17.3. The van der Waals surface area contributed by atoms with Crippen LogP contribution in [0.3, 0.4) is 0 Å². The van der Waals surface area contributed by atoms with Crippen molar-refractivity contribution in [1.29, 1.82) is 0 Å². The summed E-state index contributed by atoms with van der Waals surface area (Å²) in [5.41, 5.74) is 8.13. The van der Waals surface area contributed by atoms with E-state index in [-0.39, 0.29) is 59.2 Å². The fourth-order valence-corrected chi connectivity index (χ4v) is 5.26. The van der Waals surface area contributed by atoms with Gasteiger partial charge in [-0.25, -0.2) is 0 Å². The van der Waals surface area contributed by atoms with Crippen molar-refractivity contribution < 1.29 is 34.1 Å². The molecule has 0 aliphatic heterocycles. The van der Waals surface area contributed by atoms with E-state index >= 15 is 0 Å². The monoisotopic (exact) mass is 653 g/mol. The minimum atomic E-state index is -1.40. The van der Waals surface area contributed by atoms with Crippen molar-refractivity contribution in [2.24, 2.45) is 11.1 Å². The molecule has 8 heteroatoms. The lowest BCUT2D eigenvalue weighted by molar-refractivity contribution is -0.156. The Balaban J connectivity index is 2.06. The van der Waals surface area contributed by atoms with Crippen molar-refractivity contribution in [3.05, 3.63) is 57.6 Å². The predicted molar refractivity (Wildman–Crippen MR) is 187 cm³/mol. The zero-order valence-corrected chi connectivity index (χ0v) is 31.1. The highest BCUT2D eigenvalue weighted by Gasteiger charge is 2.35. The first-order valence-corrected chi connectivity index (χ1v) is 16.5. The highest BCUT2D eigenvalue weighted by Crippen LogP contribution is 2.41. The molecule has 2 rings (SSSR count). The second kappa shape index (κ2) is 14.3. The van der Waals surface area contributed by atoms with Crippen LogP contribution in [-0.2, 0) is 58.4 Å². The molecule has 0 atom stereocenters. The quantitative estimate of drug-likeness (QED) is 0.215. The number of aromatic hydroxyl groups is 2. The summed E-state index contributed by atoms with van der Waals surface area (Å²) in [4.78, 5) is 38.0. The van der Waals surface area contributed by atoms with Crippen LogP contribution in [0.4, 0.5) is 0 Å². The molecular formula is C39H59NO7. The minimum absolute atomic E-state index is 0.0618. The summed E-state index contributed by atoms with van der Waals surface area (Å²) in [5.74, 6) is -1.22. The Labute approximate surface area is 282 Å². The van der Waals surface area contributed by atoms with Crippen molar-refractivity contribution in [1.82, 2.24) is 0 Å². The number of rotatable bonds is 11. The number of primary amides is 1. The van der Waals surface area contributed by atoms with Gasteiger partial charge in [0.1, 0.15) is 30.1 Å². The number of nitrogens with two attached hydrogens (primary N) is 1. The largest absolute Gasteiger partial charge is 0.507 e. The Kier molecular flexibility index (Phi) is 12.0. The molecule has 0 bridgehead atoms. The summed E-state index contributed by atoms with van der Waals surface area (Å²) in [6.07, 6.45) is 0.899. The first-order valence-electron chi connectivity index (χ1n) is 16.5. The van der Waals surface area contributed by atoms with Crippen LogP contribution in [0.5, 0.6) is 11.5 Å². The summed E-state index contributed by atoms with van der Waals surface area (Å²) < 4.78 is 10.9. The number of aryl methyl sites for hydroxylation is 2. The first kappa shape index (κ1) is 39.6. The number of hydrogen-bond acceptors (Lipinski definition) is 7. The molecule has 0 radical (unpaired) electrons. The Hall–Kier alpha value is -3.55. The maximum absolute atomic E-state index is 12.8. The second-order valence-corrected chi connectivity index (χ2v) is 17.3. The van der Waals surface area contributed by atoms with Crippen molar-refractivity contribution in [3.63, 3.8) is 0 Å². The number of benzene rings is 2. The normalized spacial score (nSPS) is 13.0. The molecule has 0 aliphatic rings. The molecule has 1 amide bonds. The van der Waals surface area contributed by atoms with E-state index < -0.39 is 23.3 Å². The lowest BCUT2D eigenvalue weighted by Gasteiger charge is -2.28. The zero-order valence-electron chi connectivity index (χ0n) is 31.1. The smallest absolute Gasteiger partial charge is 0.306 e. The molecule has 0 fully saturated rings. The van der Waals surface area contributed by atoms with Crippen LogP contribution in [0.1, 0.15) is 136 Å². The molecule has 0 aliphatic carbocycles. The van der Waals surface area contributed by atoms with E-state index in [1.165, 1.54) is 6.92 Å². The van der Waals surface area contributed by atoms with Crippen LogP contribution in [-0.4, -0.2) is 41.3 Å². The van der Waals surface area contributed by atoms with Gasteiger partial charge in [0.05, 0.1) is 0 Å². The van der Waals surface area contributed by atoms with Crippen LogP contribution < -0.4 is 5.73 Å². The summed E-state index contributed by atoms with van der Waals surface area (Å²) in [5, 5.41) is 22.0. The lowest BCUT2D eigenvalue weighted by atomic mass is 9.78. The number of amides is 1. The average molecular weight is 654 g/mol. The van der Waals surface area contributed by atoms with Crippen molar-refractivity contribution in [3.8, 4) is 11.5 Å². The molecule has 262 valence electrons. The molecule has 0 saturated heterocycles. The van der Waals surface area contributed by atoms with E-state index in [0.717, 1.165) is 33.4 Å². The van der Waals surface area contributed by atoms with E-state index in [1.807, 2.05) is 107 Å². The SMILES string of the molecule is CC(COC(=O)CCc1cc(C(C)(C)C)c(O)c(C(C)(C)C)c1)(COC(=O)CCc1cc(C(C)(C)C)c(O)c(C(C)(C)C)c1)C(N)=O. The van der Waals surface area contributed by atoms with Crippen LogP contribution in [0.15, 0.2) is 24.3 Å². The van der Waals surface area contributed by atoms with Crippen molar-refractivity contribution in [2.45, 2.75) is 137 Å². The van der Waals surface area contributed by atoms with Gasteiger partial charge in [-0.15, -0.1) is 0 Å². The Bertz CT molecular complexity index is 1290. The molecule has 47 heavy (non-hydrogen) atoms. The van der Waals surface area contributed by atoms with E-state index in [0.29, 0.717) is 12.8 Å². The van der Waals surface area contributed by atoms with Crippen LogP contribution in [0, 0.1) is 5.41 Å². The standard InChI is InChI=1S/C39H59NO7/c1-35(2,3)26-18-24(19-27(32(26)43)36(4,5)6)14-16-30(41)46-22-39(13,34(40)45)23-47-31(42)17-15-25-20-28(37(7,8)9)33(44)29(21-25)38(10,11)12/h18-21,43-44H,14-17,22-23H2,1-13H3,(H2,40,45). The molecule has 0 aromatic heterocycles. The van der Waals surface area contributed by atoms with Crippen LogP contribution in [0.25, 0.3) is 0 Å². The predicted octanol–water partition coefficient (Wildman–Crippen LogP) is 7.43. The number of hydrogen-bond donors (Lipinski definition) is 3. The lowest BCUT2D eigenvalue weighted by Crippen LogP contribution is -2.43. The van der Waals surface area contributed by atoms with Gasteiger partial charge in [-0.3, -0.25) is 14.4 Å². The molecule has 4 N–H and O–H groups in total. The summed E-state index contributed by atoms with van der Waals surface area (Å²) in [6.45, 7) is 25.2. The fourth-order valence-electron chi connectivity index (χ4n) is 5.26. The fraction of sp³-hybridized carbons (Fsp3) is 0.615. The third kappa shape index (κ3) is 10.7. The minimum Gasteiger partial charge on any atom is -0.507 e. The van der Waals surface area contributed by atoms with Gasteiger partial charge in [0, 0.05) is 12.8 Å². The van der Waals surface area contributed by atoms with Crippen LogP contribution in [0.2, 0.25) is 0 Å². The van der Waals surface area contributed by atoms with Crippen molar-refractivity contribution in [2.75, 3.05) is 13.2 Å². The Morgan fingerprint density at radius 3 is 1.02 bits per heavy atom. The first-order chi connectivity index (χ1) is 21.2. The maximum atomic E-state index is 12.8. The summed E-state index contributed by atoms with van der Waals surface area (Å²) in [7, 11) is 0. The average Bonchev–Trinajstić information content (AvgIpc) is 2.91. The molecule has 2 aromatic rings. The highest BCUT2D eigenvalue weighted by molar-refractivity contribution is 5.82. The highest BCUT2D eigenvalue weighted by atomic mass is 16.5. The van der Waals surface area contributed by atoms with Gasteiger partial charge in [0.25, 0.3) is 0 Å². The van der Waals surface area contributed by atoms with Gasteiger partial charge >= 0.3 is 11.9 Å². The zero-order chi connectivity index (χ0) is 36.3. The van der Waals surface area contributed by atoms with Gasteiger partial charge in [-0.1, -0.05) is 107 Å². The number of carbonyl (C=O) groups is 3. The molecule has 0 spiro atoms. The third-order valence-corrected chi connectivity index (χ3v) is 8.51. The van der Waals surface area contributed by atoms with E-state index in [1.54, 1.807) is 0 Å². The van der Waals surface area contributed by atoms with Crippen molar-refractivity contribution >= 4 is 17.8 Å². The van der Waals surface area contributed by atoms with Gasteiger partial charge in [-0.2, -0.15) is 0 Å². The van der Waals surface area contributed by atoms with Gasteiger partial charge in [0.15, 0.2) is 0 Å². The van der Waals surface area contributed by atoms with E-state index in [9.17, 15) is 24.6 Å². The molecule has 2 aromatic carbocycles. The molecule has 0 unspecified atom stereocenters. The molecular weight excluding hydrogens is 594 g/mol. The maximum Gasteiger partial charge on any atom is 0.306 e. The van der Waals surface area contributed by atoms with Gasteiger partial charge < -0.3 is 25.4 Å². The van der Waals surface area contributed by atoms with Crippen LogP contribution >= 0.6 is 0 Å².